The highest BCUT2D eigenvalue weighted by molar-refractivity contribution is 5.69. The second kappa shape index (κ2) is 24.2. The van der Waals surface area contributed by atoms with E-state index in [9.17, 15) is 50.1 Å². The number of carbonyl (C=O) groups is 3. The number of carboxylic acids is 3. The molecule has 0 amide bonds. The molecule has 7 N–H and O–H groups in total. The molecule has 48 heavy (non-hydrogen) atoms. The van der Waals surface area contributed by atoms with Crippen molar-refractivity contribution < 1.29 is 59.6 Å². The van der Waals surface area contributed by atoms with Gasteiger partial charge in [-0.05, 0) is 38.8 Å². The standard InChI is InChI=1S/C32H60N4O12/c37-24-25-29(44)30(45)31(46)32(48-25)47-20-8-6-4-2-1-3-5-7-11-33-12-9-13-35(22-27(40)41)18-19-36(23-28(42)43)15-10-14-34(17-16-33)21-26(38)39/h25,29-32,37,44-46H,1-24H2,(H,38,39)(H,40,41)(H,42,43)/t25?,29-,30+,31?,32-/m1/s1. The van der Waals surface area contributed by atoms with Crippen LogP contribution in [0.4, 0.5) is 0 Å². The molecule has 2 aliphatic rings. The van der Waals surface area contributed by atoms with Gasteiger partial charge < -0.3 is 50.1 Å². The quantitative estimate of drug-likeness (QED) is 0.0821. The molecule has 2 fully saturated rings. The molecule has 0 aliphatic carbocycles. The third-order valence-corrected chi connectivity index (χ3v) is 8.94. The van der Waals surface area contributed by atoms with Gasteiger partial charge in [-0.15, -0.1) is 0 Å². The van der Waals surface area contributed by atoms with E-state index >= 15 is 0 Å². The van der Waals surface area contributed by atoms with Crippen molar-refractivity contribution in [2.24, 2.45) is 0 Å². The molecule has 0 aromatic rings. The summed E-state index contributed by atoms with van der Waals surface area (Å²) < 4.78 is 10.9. The van der Waals surface area contributed by atoms with Crippen LogP contribution in [0.2, 0.25) is 0 Å². The number of carboxylic acid groups (broad SMARTS) is 3. The first-order valence-corrected chi connectivity index (χ1v) is 17.5. The van der Waals surface area contributed by atoms with Crippen LogP contribution in [0, 0.1) is 0 Å². The summed E-state index contributed by atoms with van der Waals surface area (Å²) >= 11 is 0. The minimum absolute atomic E-state index is 0.0704. The van der Waals surface area contributed by atoms with Crippen LogP contribution in [0.25, 0.3) is 0 Å². The molecule has 0 aromatic heterocycles. The van der Waals surface area contributed by atoms with E-state index in [4.69, 9.17) is 9.47 Å². The van der Waals surface area contributed by atoms with Gasteiger partial charge in [0, 0.05) is 52.4 Å². The topological polar surface area (TPSA) is 224 Å². The smallest absolute Gasteiger partial charge is 0.317 e. The second-order valence-electron chi connectivity index (χ2n) is 13.0. The predicted molar refractivity (Wildman–Crippen MR) is 175 cm³/mol. The molecule has 5 atom stereocenters. The van der Waals surface area contributed by atoms with Crippen LogP contribution in [0.5, 0.6) is 0 Å². The van der Waals surface area contributed by atoms with E-state index in [1.807, 2.05) is 9.80 Å². The summed E-state index contributed by atoms with van der Waals surface area (Å²) in [6, 6.07) is 0. The summed E-state index contributed by atoms with van der Waals surface area (Å²) in [7, 11) is 0. The Balaban J connectivity index is 1.71. The largest absolute Gasteiger partial charge is 0.480 e. The molecule has 0 bridgehead atoms. The zero-order valence-electron chi connectivity index (χ0n) is 28.3. The summed E-state index contributed by atoms with van der Waals surface area (Å²) in [5.74, 6) is -2.75. The summed E-state index contributed by atoms with van der Waals surface area (Å²) in [5, 5.41) is 67.2. The summed E-state index contributed by atoms with van der Waals surface area (Å²) in [4.78, 5) is 42.2. The zero-order chi connectivity index (χ0) is 35.3. The Hall–Kier alpha value is -1.99. The fourth-order valence-corrected chi connectivity index (χ4v) is 6.22. The van der Waals surface area contributed by atoms with Crippen molar-refractivity contribution in [2.75, 3.05) is 91.8 Å². The Bertz CT molecular complexity index is 916. The van der Waals surface area contributed by atoms with Crippen LogP contribution in [0.3, 0.4) is 0 Å². The third kappa shape index (κ3) is 17.6. The maximum Gasteiger partial charge on any atom is 0.317 e. The van der Waals surface area contributed by atoms with Gasteiger partial charge >= 0.3 is 17.9 Å². The van der Waals surface area contributed by atoms with Gasteiger partial charge in [0.2, 0.25) is 0 Å². The van der Waals surface area contributed by atoms with Crippen molar-refractivity contribution in [3.8, 4) is 0 Å². The maximum atomic E-state index is 11.5. The van der Waals surface area contributed by atoms with Crippen LogP contribution < -0.4 is 0 Å². The molecule has 2 unspecified atom stereocenters. The highest BCUT2D eigenvalue weighted by Gasteiger charge is 2.43. The lowest BCUT2D eigenvalue weighted by Gasteiger charge is -2.39. The van der Waals surface area contributed by atoms with Crippen LogP contribution in [0.1, 0.15) is 64.2 Å². The number of unbranched alkanes of at least 4 members (excludes halogenated alkanes) is 7. The second-order valence-corrected chi connectivity index (χ2v) is 13.0. The molecule has 16 nitrogen and oxygen atoms in total. The lowest BCUT2D eigenvalue weighted by atomic mass is 9.99. The highest BCUT2D eigenvalue weighted by Crippen LogP contribution is 2.22. The number of nitrogens with zero attached hydrogens (tertiary/aromatic N) is 4. The number of aliphatic hydroxyl groups is 4. The van der Waals surface area contributed by atoms with Crippen LogP contribution in [0.15, 0.2) is 0 Å². The van der Waals surface area contributed by atoms with E-state index in [1.54, 1.807) is 4.90 Å². The number of hydrogen-bond acceptors (Lipinski definition) is 13. The molecule has 0 aromatic carbocycles. The minimum Gasteiger partial charge on any atom is -0.480 e. The van der Waals surface area contributed by atoms with Crippen LogP contribution in [-0.2, 0) is 23.9 Å². The number of rotatable bonds is 19. The average Bonchev–Trinajstić information content (AvgIpc) is 3.02. The molecular formula is C32H60N4O12. The van der Waals surface area contributed by atoms with Gasteiger partial charge in [-0.1, -0.05) is 38.5 Å². The fourth-order valence-electron chi connectivity index (χ4n) is 6.22. The fraction of sp³-hybridized carbons (Fsp3) is 0.906. The highest BCUT2D eigenvalue weighted by atomic mass is 16.7. The van der Waals surface area contributed by atoms with Gasteiger partial charge in [-0.25, -0.2) is 0 Å². The van der Waals surface area contributed by atoms with Crippen LogP contribution in [-0.4, -0.2) is 196 Å². The molecule has 2 saturated heterocycles. The van der Waals surface area contributed by atoms with Gasteiger partial charge in [0.25, 0.3) is 0 Å². The molecule has 0 spiro atoms. The van der Waals surface area contributed by atoms with Gasteiger partial charge in [0.05, 0.1) is 26.2 Å². The molecule has 0 saturated carbocycles. The Labute approximate surface area is 283 Å². The normalized spacial score (nSPS) is 26.6. The number of hydrogen-bond donors (Lipinski definition) is 7. The van der Waals surface area contributed by atoms with Crippen molar-refractivity contribution in [3.63, 3.8) is 0 Å². The lowest BCUT2D eigenvalue weighted by molar-refractivity contribution is -0.301. The van der Waals surface area contributed by atoms with E-state index < -0.39 is 55.2 Å². The summed E-state index contributed by atoms with van der Waals surface area (Å²) in [5.41, 5.74) is 0. The lowest BCUT2D eigenvalue weighted by Crippen LogP contribution is -2.59. The average molecular weight is 693 g/mol. The van der Waals surface area contributed by atoms with Crippen molar-refractivity contribution in [1.82, 2.24) is 19.6 Å². The number of ether oxygens (including phenoxy) is 2. The first kappa shape index (κ1) is 42.2. The van der Waals surface area contributed by atoms with Gasteiger partial charge in [-0.3, -0.25) is 29.1 Å². The van der Waals surface area contributed by atoms with Crippen molar-refractivity contribution in [1.29, 1.82) is 0 Å². The van der Waals surface area contributed by atoms with E-state index in [0.29, 0.717) is 58.8 Å². The molecule has 2 rings (SSSR count). The summed E-state index contributed by atoms with van der Waals surface area (Å²) in [6.45, 7) is 4.95. The zero-order valence-corrected chi connectivity index (χ0v) is 28.3. The Morgan fingerprint density at radius 2 is 0.979 bits per heavy atom. The van der Waals surface area contributed by atoms with Gasteiger partial charge in [0.15, 0.2) is 6.29 Å². The van der Waals surface area contributed by atoms with E-state index in [0.717, 1.165) is 70.9 Å². The van der Waals surface area contributed by atoms with Crippen molar-refractivity contribution in [2.45, 2.75) is 94.9 Å². The molecular weight excluding hydrogens is 632 g/mol. The summed E-state index contributed by atoms with van der Waals surface area (Å²) in [6.07, 6.45) is 3.16. The van der Waals surface area contributed by atoms with Crippen molar-refractivity contribution >= 4 is 17.9 Å². The Kier molecular flexibility index (Phi) is 21.3. The first-order chi connectivity index (χ1) is 23.0. The van der Waals surface area contributed by atoms with Crippen LogP contribution >= 0.6 is 0 Å². The first-order valence-electron chi connectivity index (χ1n) is 17.5. The van der Waals surface area contributed by atoms with Crippen molar-refractivity contribution in [3.05, 3.63) is 0 Å². The monoisotopic (exact) mass is 692 g/mol. The molecule has 280 valence electrons. The molecule has 0 radical (unpaired) electrons. The third-order valence-electron chi connectivity index (χ3n) is 8.94. The van der Waals surface area contributed by atoms with E-state index in [1.165, 1.54) is 0 Å². The minimum atomic E-state index is -1.44. The van der Waals surface area contributed by atoms with Gasteiger partial charge in [-0.2, -0.15) is 0 Å². The molecule has 16 heteroatoms. The Morgan fingerprint density at radius 3 is 1.44 bits per heavy atom. The number of aliphatic carboxylic acids is 3. The van der Waals surface area contributed by atoms with Gasteiger partial charge in [0.1, 0.15) is 24.4 Å². The SMILES string of the molecule is O=C(O)CN1CCCN(CC(=O)O)CCN(CC(=O)O)CCCN(CCCCCCCCCCO[C@@H]2OC(CO)[C@@H](O)[C@H](O)C2O)CC1. The molecule has 2 heterocycles. The van der Waals surface area contributed by atoms with E-state index in [2.05, 4.69) is 4.90 Å². The number of aliphatic hydroxyl groups excluding tert-OH is 4. The predicted octanol–water partition coefficient (Wildman–Crippen LogP) is -0.821. The molecule has 2 aliphatic heterocycles. The van der Waals surface area contributed by atoms with E-state index in [-0.39, 0.29) is 19.6 Å². The maximum absolute atomic E-state index is 11.5. The Morgan fingerprint density at radius 1 is 0.562 bits per heavy atom.